The number of amides is 2. The van der Waals surface area contributed by atoms with Gasteiger partial charge in [0.25, 0.3) is 0 Å². The predicted octanol–water partition coefficient (Wildman–Crippen LogP) is -2.83. The third-order valence-corrected chi connectivity index (χ3v) is 0.836. The van der Waals surface area contributed by atoms with E-state index in [4.69, 9.17) is 20.4 Å². The number of carbonyl (C=O) groups excluding carboxylic acids is 1. The Labute approximate surface area is 74.8 Å². The zero-order valence-corrected chi connectivity index (χ0v) is 6.96. The fourth-order valence-electron chi connectivity index (χ4n) is 0.225. The van der Waals surface area contributed by atoms with E-state index < -0.39 is 33.1 Å². The Morgan fingerprint density at radius 1 is 1.15 bits per heavy atom. The van der Waals surface area contributed by atoms with Crippen molar-refractivity contribution in [1.82, 2.24) is 4.90 Å². The maximum absolute atomic E-state index is 9.99. The normalized spacial score (nSPS) is 8.62. The van der Waals surface area contributed by atoms with Crippen molar-refractivity contribution in [3.8, 4) is 0 Å². The maximum atomic E-state index is 9.99. The van der Waals surface area contributed by atoms with Crippen LogP contribution < -0.4 is 5.73 Å². The first-order valence-electron chi connectivity index (χ1n) is 3.19. The molecule has 0 fully saturated rings. The molecule has 2 amide bonds. The van der Waals surface area contributed by atoms with Gasteiger partial charge in [-0.1, -0.05) is 0 Å². The lowest BCUT2D eigenvalue weighted by Gasteiger charge is -2.11. The van der Waals surface area contributed by atoms with Crippen LogP contribution >= 0.6 is 0 Å². The molecular weight excluding hydrogens is 184 g/mol. The molecule has 0 bridgehead atoms. The van der Waals surface area contributed by atoms with Gasteiger partial charge in [0.1, 0.15) is 27.0 Å². The molecular formula is C5H14N2O6. The smallest absolute Gasteiger partial charge is 0.318 e. The molecule has 6 N–H and O–H groups in total. The molecule has 8 nitrogen and oxygen atoms in total. The van der Waals surface area contributed by atoms with E-state index in [1.54, 1.807) is 0 Å². The van der Waals surface area contributed by atoms with Crippen molar-refractivity contribution < 1.29 is 30.0 Å². The van der Waals surface area contributed by atoms with E-state index in [0.717, 1.165) is 0 Å². The van der Waals surface area contributed by atoms with Gasteiger partial charge in [0.05, 0.1) is 0 Å². The summed E-state index contributed by atoms with van der Waals surface area (Å²) in [6.07, 6.45) is 0. The van der Waals surface area contributed by atoms with Crippen molar-refractivity contribution in [3.63, 3.8) is 0 Å². The van der Waals surface area contributed by atoms with E-state index in [9.17, 15) is 4.79 Å². The van der Waals surface area contributed by atoms with Gasteiger partial charge in [-0.25, -0.2) is 4.79 Å². The monoisotopic (exact) mass is 198 g/mol. The number of nitrogens with zero attached hydrogens (tertiary/aromatic N) is 1. The minimum atomic E-state index is -0.838. The first-order valence-corrected chi connectivity index (χ1v) is 3.19. The highest BCUT2D eigenvalue weighted by atomic mass is 16.6. The van der Waals surface area contributed by atoms with Crippen LogP contribution in [0.25, 0.3) is 0 Å². The van der Waals surface area contributed by atoms with Crippen LogP contribution in [0.5, 0.6) is 0 Å². The summed E-state index contributed by atoms with van der Waals surface area (Å²) >= 11 is 0. The molecule has 0 aliphatic carbocycles. The van der Waals surface area contributed by atoms with Gasteiger partial charge >= 0.3 is 6.03 Å². The minimum absolute atomic E-state index is 0.406. The molecule has 0 aromatic heterocycles. The topological polar surface area (TPSA) is 136 Å². The minimum Gasteiger partial charge on any atom is -0.376 e. The van der Waals surface area contributed by atoms with E-state index in [0.29, 0.717) is 4.90 Å². The summed E-state index contributed by atoms with van der Waals surface area (Å²) in [5, 5.41) is 31.7. The van der Waals surface area contributed by atoms with E-state index in [1.807, 2.05) is 0 Å². The number of rotatable bonds is 4. The first kappa shape index (κ1) is 14.6. The summed E-state index contributed by atoms with van der Waals surface area (Å²) in [5.41, 5.74) is 4.62. The van der Waals surface area contributed by atoms with Crippen LogP contribution in [0.1, 0.15) is 0 Å². The highest BCUT2D eigenvalue weighted by Crippen LogP contribution is 1.78. The molecule has 0 aromatic rings. The molecule has 0 saturated carbocycles. The first-order chi connectivity index (χ1) is 6.13. The molecule has 8 heteroatoms. The van der Waals surface area contributed by atoms with E-state index in [1.165, 1.54) is 0 Å². The fraction of sp³-hybridized carbons (Fsp3) is 0.800. The summed E-state index contributed by atoms with van der Waals surface area (Å²) in [7, 11) is 0. The second-order valence-electron chi connectivity index (χ2n) is 1.62. The molecule has 0 atom stereocenters. The molecule has 0 radical (unpaired) electrons. The highest BCUT2D eigenvalue weighted by Gasteiger charge is 2.02. The summed E-state index contributed by atoms with van der Waals surface area (Å²) in [6.45, 7) is -1.91. The Hall–Kier alpha value is -0.930. The zero-order chi connectivity index (χ0) is 10.7. The highest BCUT2D eigenvalue weighted by molar-refractivity contribution is 5.71. The number of nitrogens with two attached hydrogens (primary N) is 1. The number of carbonyl (C=O) groups is 1. The van der Waals surface area contributed by atoms with E-state index in [2.05, 4.69) is 10.5 Å². The molecule has 0 heterocycles. The van der Waals surface area contributed by atoms with Crippen molar-refractivity contribution in [1.29, 1.82) is 0 Å². The van der Waals surface area contributed by atoms with Crippen LogP contribution in [-0.2, 0) is 4.74 Å². The van der Waals surface area contributed by atoms with E-state index >= 15 is 0 Å². The Balaban J connectivity index is 0. The Morgan fingerprint density at radius 2 is 1.54 bits per heavy atom. The predicted molar refractivity (Wildman–Crippen MR) is 40.9 cm³/mol. The summed E-state index contributed by atoms with van der Waals surface area (Å²) in [5.74, 6) is 0. The number of hydrogen-bond donors (Lipinski definition) is 5. The number of aliphatic hydroxyl groups is 4. The van der Waals surface area contributed by atoms with Gasteiger partial charge in [-0.15, -0.1) is 0 Å². The number of primary amides is 1. The lowest BCUT2D eigenvalue weighted by atomic mass is 10.8. The fourth-order valence-corrected chi connectivity index (χ4v) is 0.225. The quantitative estimate of drug-likeness (QED) is 0.309. The Bertz CT molecular complexity index is 116. The van der Waals surface area contributed by atoms with E-state index in [-0.39, 0.29) is 0 Å². The molecule has 0 saturated heterocycles. The average Bonchev–Trinajstić information content (AvgIpc) is 2.08. The lowest BCUT2D eigenvalue weighted by Crippen LogP contribution is -2.36. The number of urea groups is 1. The van der Waals surface area contributed by atoms with Crippen molar-refractivity contribution in [2.75, 3.05) is 27.0 Å². The van der Waals surface area contributed by atoms with Crippen LogP contribution in [0.3, 0.4) is 0 Å². The summed E-state index contributed by atoms with van der Waals surface area (Å²) in [6, 6.07) is -0.838. The molecule has 0 rings (SSSR count). The van der Waals surface area contributed by atoms with Crippen molar-refractivity contribution >= 4 is 6.03 Å². The second kappa shape index (κ2) is 11.1. The third kappa shape index (κ3) is 11.1. The van der Waals surface area contributed by atoms with Crippen LogP contribution in [0.4, 0.5) is 4.79 Å². The van der Waals surface area contributed by atoms with Crippen LogP contribution in [0, 0.1) is 0 Å². The third-order valence-electron chi connectivity index (χ3n) is 0.836. The SMILES string of the molecule is NC(=O)N(CO)CO.OCOCO. The van der Waals surface area contributed by atoms with Gasteiger partial charge in [-0.3, -0.25) is 4.90 Å². The molecule has 0 aliphatic rings. The molecule has 80 valence electrons. The molecule has 0 unspecified atom stereocenters. The van der Waals surface area contributed by atoms with Gasteiger partial charge in [-0.05, 0) is 0 Å². The summed E-state index contributed by atoms with van der Waals surface area (Å²) in [4.78, 5) is 10.7. The van der Waals surface area contributed by atoms with Gasteiger partial charge < -0.3 is 30.9 Å². The summed E-state index contributed by atoms with van der Waals surface area (Å²) < 4.78 is 3.94. The van der Waals surface area contributed by atoms with Crippen molar-refractivity contribution in [2.45, 2.75) is 0 Å². The van der Waals surface area contributed by atoms with Gasteiger partial charge in [-0.2, -0.15) is 0 Å². The average molecular weight is 198 g/mol. The van der Waals surface area contributed by atoms with Crippen molar-refractivity contribution in [2.24, 2.45) is 5.73 Å². The maximum Gasteiger partial charge on any atom is 0.318 e. The van der Waals surface area contributed by atoms with Crippen LogP contribution in [-0.4, -0.2) is 58.4 Å². The zero-order valence-electron chi connectivity index (χ0n) is 6.96. The Morgan fingerprint density at radius 3 is 1.54 bits per heavy atom. The standard InChI is InChI=1S/C3H8N2O3.C2H6O3/c4-3(8)5(1-6)2-7;3-1-5-2-4/h6-7H,1-2H2,(H2,4,8);3-4H,1-2H2. The number of ether oxygens (including phenoxy) is 1. The van der Waals surface area contributed by atoms with Gasteiger partial charge in [0, 0.05) is 0 Å². The molecule has 13 heavy (non-hydrogen) atoms. The van der Waals surface area contributed by atoms with Gasteiger partial charge in [0.15, 0.2) is 0 Å². The van der Waals surface area contributed by atoms with Gasteiger partial charge in [0.2, 0.25) is 0 Å². The van der Waals surface area contributed by atoms with Crippen LogP contribution in [0.2, 0.25) is 0 Å². The number of aliphatic hydroxyl groups excluding tert-OH is 4. The number of hydrogen-bond acceptors (Lipinski definition) is 6. The lowest BCUT2D eigenvalue weighted by molar-refractivity contribution is -0.0763. The molecule has 0 aliphatic heterocycles. The van der Waals surface area contributed by atoms with Crippen molar-refractivity contribution in [3.05, 3.63) is 0 Å². The molecule has 0 spiro atoms. The largest absolute Gasteiger partial charge is 0.376 e. The second-order valence-corrected chi connectivity index (χ2v) is 1.62. The van der Waals surface area contributed by atoms with Crippen LogP contribution in [0.15, 0.2) is 0 Å². The molecule has 0 aromatic carbocycles. The Kier molecular flexibility index (Phi) is 12.4.